The highest BCUT2D eigenvalue weighted by Gasteiger charge is 2.16. The molecule has 0 amide bonds. The van der Waals surface area contributed by atoms with Gasteiger partial charge in [-0.3, -0.25) is 4.57 Å². The van der Waals surface area contributed by atoms with E-state index in [-0.39, 0.29) is 0 Å². The fourth-order valence-electron chi connectivity index (χ4n) is 0.0841. The molecule has 1 unspecified atom stereocenters. The van der Waals surface area contributed by atoms with Gasteiger partial charge in [-0.15, -0.1) is 0 Å². The highest BCUT2D eigenvalue weighted by atomic mass is 31.2. The predicted octanol–water partition coefficient (Wildman–Crippen LogP) is 0.146. The van der Waals surface area contributed by atoms with E-state index in [2.05, 4.69) is 0 Å². The fourth-order valence-corrected chi connectivity index (χ4v) is 0.757. The zero-order chi connectivity index (χ0) is 5.91. The van der Waals surface area contributed by atoms with E-state index in [4.69, 9.17) is 9.79 Å². The Hall–Kier alpha value is 0.250. The maximum Gasteiger partial charge on any atom is 0.372 e. The number of hydrogen-bond acceptors (Lipinski definition) is 2. The summed E-state index contributed by atoms with van der Waals surface area (Å²) in [7, 11) is -4.87. The van der Waals surface area contributed by atoms with Crippen LogP contribution < -0.4 is 0 Å². The SMILES string of the molecule is O=[PH+]CP(=O)(O)O. The van der Waals surface area contributed by atoms with Gasteiger partial charge in [0.15, 0.2) is 0 Å². The van der Waals surface area contributed by atoms with Crippen LogP contribution in [0.2, 0.25) is 0 Å². The normalized spacial score (nSPS) is 12.3. The molecule has 0 aliphatic carbocycles. The Morgan fingerprint density at radius 1 is 1.57 bits per heavy atom. The quantitative estimate of drug-likeness (QED) is 0.539. The minimum absolute atomic E-state index is 0.521. The van der Waals surface area contributed by atoms with Gasteiger partial charge in [-0.25, -0.2) is 0 Å². The van der Waals surface area contributed by atoms with Crippen molar-refractivity contribution < 1.29 is 18.9 Å². The van der Waals surface area contributed by atoms with Crippen LogP contribution in [-0.2, 0) is 9.13 Å². The van der Waals surface area contributed by atoms with Crippen LogP contribution in [0.25, 0.3) is 0 Å². The van der Waals surface area contributed by atoms with Crippen LogP contribution in [0.5, 0.6) is 0 Å². The number of hydrogen-bond donors (Lipinski definition) is 2. The van der Waals surface area contributed by atoms with Gasteiger partial charge in [-0.05, 0) is 0 Å². The first kappa shape index (κ1) is 7.25. The van der Waals surface area contributed by atoms with E-state index >= 15 is 0 Å². The lowest BCUT2D eigenvalue weighted by Gasteiger charge is -1.86. The summed E-state index contributed by atoms with van der Waals surface area (Å²) in [4.78, 5) is 15.9. The molecule has 0 rings (SSSR count). The second kappa shape index (κ2) is 2.53. The van der Waals surface area contributed by atoms with E-state index in [1.54, 1.807) is 0 Å². The van der Waals surface area contributed by atoms with Crippen LogP contribution in [-0.4, -0.2) is 15.7 Å². The molecule has 0 saturated carbocycles. The molecule has 4 nitrogen and oxygen atoms in total. The molecule has 0 spiro atoms. The first-order valence-electron chi connectivity index (χ1n) is 1.46. The molecule has 2 N–H and O–H groups in total. The Morgan fingerprint density at radius 2 is 2.00 bits per heavy atom. The van der Waals surface area contributed by atoms with E-state index in [9.17, 15) is 9.13 Å². The maximum absolute atomic E-state index is 9.73. The zero-order valence-corrected chi connectivity index (χ0v) is 5.26. The summed E-state index contributed by atoms with van der Waals surface area (Å²) >= 11 is 0. The van der Waals surface area contributed by atoms with Gasteiger partial charge in [-0.1, -0.05) is 4.57 Å². The number of rotatable bonds is 2. The molecule has 42 valence electrons. The predicted molar refractivity (Wildman–Crippen MR) is 25.9 cm³/mol. The molecule has 1 atom stereocenters. The highest BCUT2D eigenvalue weighted by molar-refractivity contribution is 7.60. The Morgan fingerprint density at radius 3 is 2.00 bits per heavy atom. The standard InChI is InChI=1S/CH4O4P2/c2-6-1-7(3,4)5/h1H2,(H2,3,4,5)/p+1. The van der Waals surface area contributed by atoms with Crippen molar-refractivity contribution in [3.8, 4) is 0 Å². The third-order valence-corrected chi connectivity index (χ3v) is 2.43. The van der Waals surface area contributed by atoms with Gasteiger partial charge < -0.3 is 9.79 Å². The summed E-state index contributed by atoms with van der Waals surface area (Å²) in [5.74, 6) is -0.521. The molecule has 0 heterocycles. The van der Waals surface area contributed by atoms with Crippen molar-refractivity contribution in [1.29, 1.82) is 0 Å². The van der Waals surface area contributed by atoms with Crippen molar-refractivity contribution in [3.63, 3.8) is 0 Å². The van der Waals surface area contributed by atoms with Crippen LogP contribution in [0.4, 0.5) is 0 Å². The summed E-state index contributed by atoms with van der Waals surface area (Å²) in [6.07, 6.45) is 0. The summed E-state index contributed by atoms with van der Waals surface area (Å²) in [6, 6.07) is 0. The average molecular weight is 143 g/mol. The molecule has 6 heteroatoms. The van der Waals surface area contributed by atoms with Crippen LogP contribution in [0, 0.1) is 0 Å². The van der Waals surface area contributed by atoms with E-state index in [1.807, 2.05) is 0 Å². The Bertz CT molecular complexity index is 102. The van der Waals surface area contributed by atoms with E-state index < -0.39 is 22.0 Å². The van der Waals surface area contributed by atoms with Crippen molar-refractivity contribution in [2.24, 2.45) is 0 Å². The zero-order valence-electron chi connectivity index (χ0n) is 3.37. The van der Waals surface area contributed by atoms with Crippen LogP contribution >= 0.6 is 16.1 Å². The highest BCUT2D eigenvalue weighted by Crippen LogP contribution is 2.37. The lowest BCUT2D eigenvalue weighted by molar-refractivity contribution is 0.379. The fraction of sp³-hybridized carbons (Fsp3) is 1.00. The molecule has 0 radical (unpaired) electrons. The molecule has 0 fully saturated rings. The lowest BCUT2D eigenvalue weighted by atomic mass is 11.9. The monoisotopic (exact) mass is 143 g/mol. The van der Waals surface area contributed by atoms with Gasteiger partial charge in [0.05, 0.1) is 0 Å². The summed E-state index contributed by atoms with van der Waals surface area (Å²) < 4.78 is 19.2. The van der Waals surface area contributed by atoms with E-state index in [0.717, 1.165) is 0 Å². The Labute approximate surface area is 41.9 Å². The minimum Gasteiger partial charge on any atom is -0.321 e. The molecule has 0 bridgehead atoms. The molecule has 0 aromatic heterocycles. The van der Waals surface area contributed by atoms with E-state index in [0.29, 0.717) is 0 Å². The molecule has 0 aromatic carbocycles. The van der Waals surface area contributed by atoms with Crippen molar-refractivity contribution in [2.75, 3.05) is 5.90 Å². The van der Waals surface area contributed by atoms with Gasteiger partial charge in [0.1, 0.15) is 0 Å². The topological polar surface area (TPSA) is 74.6 Å². The van der Waals surface area contributed by atoms with Gasteiger partial charge >= 0.3 is 16.1 Å². The first-order chi connectivity index (χ1) is 3.06. The summed E-state index contributed by atoms with van der Waals surface area (Å²) in [6.45, 7) is 0. The van der Waals surface area contributed by atoms with Crippen LogP contribution in [0.15, 0.2) is 0 Å². The van der Waals surface area contributed by atoms with E-state index in [1.165, 1.54) is 0 Å². The molecule has 0 aliphatic heterocycles. The van der Waals surface area contributed by atoms with Gasteiger partial charge in [-0.2, -0.15) is 0 Å². The lowest BCUT2D eigenvalue weighted by Crippen LogP contribution is -1.74. The molecular formula is CH5O4P2+. The Balaban J connectivity index is 3.57. The van der Waals surface area contributed by atoms with Crippen molar-refractivity contribution >= 4 is 16.1 Å². The molecule has 0 aliphatic rings. The van der Waals surface area contributed by atoms with Crippen LogP contribution in [0.1, 0.15) is 0 Å². The second-order valence-corrected chi connectivity index (χ2v) is 3.85. The second-order valence-electron chi connectivity index (χ2n) is 0.967. The molecule has 0 saturated heterocycles. The van der Waals surface area contributed by atoms with Gasteiger partial charge in [0, 0.05) is 0 Å². The van der Waals surface area contributed by atoms with Gasteiger partial charge in [0.25, 0.3) is 0 Å². The smallest absolute Gasteiger partial charge is 0.321 e. The third-order valence-electron chi connectivity index (χ3n) is 0.271. The molecule has 7 heavy (non-hydrogen) atoms. The van der Waals surface area contributed by atoms with Crippen molar-refractivity contribution in [3.05, 3.63) is 0 Å². The Kier molecular flexibility index (Phi) is 2.62. The van der Waals surface area contributed by atoms with Crippen molar-refractivity contribution in [2.45, 2.75) is 0 Å². The van der Waals surface area contributed by atoms with Gasteiger partial charge in [0.2, 0.25) is 5.90 Å². The third kappa shape index (κ3) is 6.25. The maximum atomic E-state index is 9.73. The summed E-state index contributed by atoms with van der Waals surface area (Å²) in [5.41, 5.74) is 0. The largest absolute Gasteiger partial charge is 0.372 e. The summed E-state index contributed by atoms with van der Waals surface area (Å²) in [5, 5.41) is 0. The molecule has 0 aromatic rings. The average Bonchev–Trinajstić information content (AvgIpc) is 1.30. The van der Waals surface area contributed by atoms with Crippen LogP contribution in [0.3, 0.4) is 0 Å². The molecular weight excluding hydrogens is 138 g/mol. The minimum atomic E-state index is -3.97. The first-order valence-corrected chi connectivity index (χ1v) is 4.37. The van der Waals surface area contributed by atoms with Crippen molar-refractivity contribution in [1.82, 2.24) is 0 Å².